The molecule has 9 heteroatoms. The van der Waals surface area contributed by atoms with Crippen LogP contribution >= 0.6 is 11.6 Å². The molecule has 0 bridgehead atoms. The molecule has 5 rings (SSSR count). The predicted molar refractivity (Wildman–Crippen MR) is 128 cm³/mol. The number of likely N-dealkylation sites (N-methyl/N-ethyl adjacent to an activating group) is 1. The van der Waals surface area contributed by atoms with E-state index < -0.39 is 5.82 Å². The van der Waals surface area contributed by atoms with E-state index >= 15 is 0 Å². The quantitative estimate of drug-likeness (QED) is 0.707. The summed E-state index contributed by atoms with van der Waals surface area (Å²) in [7, 11) is 4.18. The normalized spacial score (nSPS) is 25.5. The second-order valence-corrected chi connectivity index (χ2v) is 9.91. The summed E-state index contributed by atoms with van der Waals surface area (Å²) in [6.07, 6.45) is 1.00. The van der Waals surface area contributed by atoms with E-state index in [1.54, 1.807) is 0 Å². The maximum Gasteiger partial charge on any atom is 0.148 e. The van der Waals surface area contributed by atoms with Crippen LogP contribution in [-0.2, 0) is 6.54 Å². The van der Waals surface area contributed by atoms with Gasteiger partial charge < -0.3 is 25.0 Å². The van der Waals surface area contributed by atoms with Crippen molar-refractivity contribution in [2.75, 3.05) is 51.8 Å². The molecule has 3 aliphatic heterocycles. The summed E-state index contributed by atoms with van der Waals surface area (Å²) < 4.78 is 21.2. The molecule has 0 amide bonds. The van der Waals surface area contributed by atoms with Gasteiger partial charge in [0.25, 0.3) is 0 Å². The Kier molecular flexibility index (Phi) is 6.11. The fourth-order valence-corrected chi connectivity index (χ4v) is 5.54. The standard InChI is InChI=1S/C24H31ClFN5O2/c1-14-9-15(29(2)3)11-31(14)24-17-12-30-8-7-27-10-16(30)13-33-23(17)21(25)22(28-24)20-18(26)5-4-6-19(20)32/h4-6,14-16,27,32H,7-13H2,1-3H3/t14-,15-,16+/m0/s1. The zero-order chi connectivity index (χ0) is 23.3. The Balaban J connectivity index is 1.68. The minimum absolute atomic E-state index is 0.00907. The lowest BCUT2D eigenvalue weighted by Gasteiger charge is -2.34. The van der Waals surface area contributed by atoms with Crippen LogP contribution in [0.4, 0.5) is 10.2 Å². The highest BCUT2D eigenvalue weighted by Gasteiger charge is 2.38. The minimum Gasteiger partial charge on any atom is -0.507 e. The number of halogens is 2. The van der Waals surface area contributed by atoms with Gasteiger partial charge in [-0.15, -0.1) is 0 Å². The van der Waals surface area contributed by atoms with Gasteiger partial charge in [0, 0.05) is 44.8 Å². The molecule has 2 fully saturated rings. The van der Waals surface area contributed by atoms with Crippen molar-refractivity contribution in [3.05, 3.63) is 34.6 Å². The van der Waals surface area contributed by atoms with Gasteiger partial charge in [0.2, 0.25) is 0 Å². The average molecular weight is 476 g/mol. The van der Waals surface area contributed by atoms with Crippen LogP contribution in [0, 0.1) is 5.82 Å². The summed E-state index contributed by atoms with van der Waals surface area (Å²) in [6, 6.07) is 5.10. The van der Waals surface area contributed by atoms with Gasteiger partial charge in [-0.05, 0) is 39.6 Å². The zero-order valence-electron chi connectivity index (χ0n) is 19.3. The van der Waals surface area contributed by atoms with Gasteiger partial charge >= 0.3 is 0 Å². The predicted octanol–water partition coefficient (Wildman–Crippen LogP) is 2.94. The summed E-state index contributed by atoms with van der Waals surface area (Å²) in [5.41, 5.74) is 1.17. The topological polar surface area (TPSA) is 64.1 Å². The first-order valence-electron chi connectivity index (χ1n) is 11.6. The monoisotopic (exact) mass is 475 g/mol. The smallest absolute Gasteiger partial charge is 0.148 e. The summed E-state index contributed by atoms with van der Waals surface area (Å²) >= 11 is 6.84. The number of phenolic OH excluding ortho intramolecular Hbond substituents is 1. The molecular weight excluding hydrogens is 445 g/mol. The second kappa shape index (κ2) is 8.91. The number of nitrogens with one attached hydrogen (secondary N) is 1. The lowest BCUT2D eigenvalue weighted by molar-refractivity contribution is 0.120. The largest absolute Gasteiger partial charge is 0.507 e. The Labute approximate surface area is 199 Å². The SMILES string of the molecule is C[C@H]1C[C@H](N(C)C)CN1c1nc(-c2c(O)cccc2F)c(Cl)c2c1CN1CCNC[C@@H]1CO2. The molecule has 0 unspecified atom stereocenters. The maximum atomic E-state index is 14.9. The number of anilines is 1. The number of hydrogen-bond acceptors (Lipinski definition) is 7. The third kappa shape index (κ3) is 4.03. The van der Waals surface area contributed by atoms with E-state index in [4.69, 9.17) is 21.3 Å². The van der Waals surface area contributed by atoms with Crippen LogP contribution in [0.2, 0.25) is 5.02 Å². The molecule has 7 nitrogen and oxygen atoms in total. The zero-order valence-corrected chi connectivity index (χ0v) is 20.1. The van der Waals surface area contributed by atoms with Crippen LogP contribution in [0.25, 0.3) is 11.3 Å². The number of ether oxygens (including phenoxy) is 1. The number of piperazine rings is 1. The molecule has 2 aromatic rings. The molecule has 33 heavy (non-hydrogen) atoms. The van der Waals surface area contributed by atoms with Crippen molar-refractivity contribution in [1.29, 1.82) is 0 Å². The third-order valence-electron chi connectivity index (χ3n) is 7.21. The van der Waals surface area contributed by atoms with Crippen molar-refractivity contribution in [3.63, 3.8) is 0 Å². The summed E-state index contributed by atoms with van der Waals surface area (Å²) in [5, 5.41) is 14.2. The number of pyridine rings is 1. The highest BCUT2D eigenvalue weighted by Crippen LogP contribution is 2.46. The first-order valence-corrected chi connectivity index (χ1v) is 11.9. The Morgan fingerprint density at radius 3 is 2.88 bits per heavy atom. The van der Waals surface area contributed by atoms with Crippen molar-refractivity contribution < 1.29 is 14.2 Å². The number of benzene rings is 1. The molecule has 0 saturated carbocycles. The van der Waals surface area contributed by atoms with Crippen LogP contribution in [0.5, 0.6) is 11.5 Å². The van der Waals surface area contributed by atoms with E-state index in [1.807, 2.05) is 0 Å². The second-order valence-electron chi connectivity index (χ2n) is 9.53. The molecule has 0 aliphatic carbocycles. The van der Waals surface area contributed by atoms with Gasteiger partial charge in [0.15, 0.2) is 0 Å². The number of hydrogen-bond donors (Lipinski definition) is 2. The number of phenols is 1. The molecule has 3 aliphatic rings. The lowest BCUT2D eigenvalue weighted by atomic mass is 10.1. The highest BCUT2D eigenvalue weighted by atomic mass is 35.5. The fraction of sp³-hybridized carbons (Fsp3) is 0.542. The van der Waals surface area contributed by atoms with Gasteiger partial charge in [-0.25, -0.2) is 9.37 Å². The van der Waals surface area contributed by atoms with E-state index in [-0.39, 0.29) is 34.1 Å². The number of fused-ring (bicyclic) bond motifs is 2. The lowest BCUT2D eigenvalue weighted by Crippen LogP contribution is -2.52. The number of nitrogens with zero attached hydrogens (tertiary/aromatic N) is 4. The molecule has 0 spiro atoms. The van der Waals surface area contributed by atoms with Gasteiger partial charge in [-0.2, -0.15) is 0 Å². The van der Waals surface area contributed by atoms with Gasteiger partial charge in [0.05, 0.1) is 17.2 Å². The van der Waals surface area contributed by atoms with Crippen LogP contribution < -0.4 is 15.0 Å². The number of aromatic hydroxyl groups is 1. The van der Waals surface area contributed by atoms with E-state index in [0.717, 1.165) is 44.0 Å². The highest BCUT2D eigenvalue weighted by molar-refractivity contribution is 6.35. The first-order chi connectivity index (χ1) is 15.8. The van der Waals surface area contributed by atoms with Crippen LogP contribution in [0.3, 0.4) is 0 Å². The van der Waals surface area contributed by atoms with Crippen LogP contribution in [0.15, 0.2) is 18.2 Å². The van der Waals surface area contributed by atoms with Crippen LogP contribution in [0.1, 0.15) is 18.9 Å². The van der Waals surface area contributed by atoms with Crippen molar-refractivity contribution in [1.82, 2.24) is 20.1 Å². The van der Waals surface area contributed by atoms with E-state index in [2.05, 4.69) is 41.0 Å². The third-order valence-corrected chi connectivity index (χ3v) is 7.56. The molecule has 2 saturated heterocycles. The summed E-state index contributed by atoms with van der Waals surface area (Å²) in [6.45, 7) is 6.84. The van der Waals surface area contributed by atoms with Crippen LogP contribution in [-0.4, -0.2) is 84.9 Å². The van der Waals surface area contributed by atoms with Gasteiger partial charge in [-0.1, -0.05) is 17.7 Å². The number of aromatic nitrogens is 1. The molecule has 1 aromatic carbocycles. The van der Waals surface area contributed by atoms with E-state index in [9.17, 15) is 9.50 Å². The Hall–Kier alpha value is -2.13. The van der Waals surface area contributed by atoms with Crippen molar-refractivity contribution in [2.45, 2.75) is 38.0 Å². The average Bonchev–Trinajstić information content (AvgIpc) is 3.06. The van der Waals surface area contributed by atoms with Crippen molar-refractivity contribution in [3.8, 4) is 22.8 Å². The molecule has 4 heterocycles. The molecule has 3 atom stereocenters. The van der Waals surface area contributed by atoms with Crippen molar-refractivity contribution >= 4 is 17.4 Å². The Morgan fingerprint density at radius 2 is 2.15 bits per heavy atom. The van der Waals surface area contributed by atoms with Gasteiger partial charge in [0.1, 0.15) is 40.5 Å². The molecule has 178 valence electrons. The molecule has 2 N–H and O–H groups in total. The van der Waals surface area contributed by atoms with E-state index in [0.29, 0.717) is 24.9 Å². The fourth-order valence-electron chi connectivity index (χ4n) is 5.24. The molecule has 0 radical (unpaired) electrons. The first kappa shape index (κ1) is 22.7. The Morgan fingerprint density at radius 1 is 1.33 bits per heavy atom. The van der Waals surface area contributed by atoms with Gasteiger partial charge in [-0.3, -0.25) is 4.90 Å². The number of rotatable bonds is 3. The summed E-state index contributed by atoms with van der Waals surface area (Å²) in [4.78, 5) is 11.9. The van der Waals surface area contributed by atoms with E-state index in [1.165, 1.54) is 18.2 Å². The molecule has 1 aromatic heterocycles. The minimum atomic E-state index is -0.564. The van der Waals surface area contributed by atoms with Crippen molar-refractivity contribution in [2.24, 2.45) is 0 Å². The maximum absolute atomic E-state index is 14.9. The Bertz CT molecular complexity index is 1030. The summed E-state index contributed by atoms with van der Waals surface area (Å²) in [5.74, 6) is 0.565. The molecular formula is C24H31ClFN5O2.